The topological polar surface area (TPSA) is 50.4 Å². The van der Waals surface area contributed by atoms with Crippen molar-refractivity contribution in [3.63, 3.8) is 0 Å². The molecule has 0 aliphatic carbocycles. The van der Waals surface area contributed by atoms with Crippen molar-refractivity contribution in [2.45, 2.75) is 65.3 Å². The van der Waals surface area contributed by atoms with Crippen molar-refractivity contribution in [2.75, 3.05) is 13.2 Å². The van der Waals surface area contributed by atoms with E-state index in [1.165, 1.54) is 25.7 Å². The van der Waals surface area contributed by atoms with Gasteiger partial charge in [-0.1, -0.05) is 50.4 Å². The van der Waals surface area contributed by atoms with Crippen LogP contribution >= 0.6 is 11.3 Å². The fraction of sp³-hybridized carbons (Fsp3) is 0.750. The van der Waals surface area contributed by atoms with Gasteiger partial charge < -0.3 is 22.3 Å². The first-order valence-corrected chi connectivity index (χ1v) is 8.79. The maximum atomic E-state index is 11.8. The molecule has 22 heavy (non-hydrogen) atoms. The predicted octanol–water partition coefficient (Wildman–Crippen LogP) is -0.213. The normalized spacial score (nSPS) is 10.3. The quantitative estimate of drug-likeness (QED) is 0.341. The number of carbonyl (C=O) groups is 1. The number of hydrogen-bond donors (Lipinski definition) is 1. The molecule has 0 aliphatic heterocycles. The average Bonchev–Trinajstić information content (AvgIpc) is 2.80. The molecule has 0 amide bonds. The zero-order valence-corrected chi connectivity index (χ0v) is 15.2. The van der Waals surface area contributed by atoms with Gasteiger partial charge in [0.2, 0.25) is 12.1 Å². The summed E-state index contributed by atoms with van der Waals surface area (Å²) >= 11 is 1.58. The van der Waals surface area contributed by atoms with Gasteiger partial charge in [0, 0.05) is 20.0 Å². The predicted molar refractivity (Wildman–Crippen MR) is 84.4 cm³/mol. The molecule has 0 aliphatic rings. The number of aromatic nitrogens is 1. The van der Waals surface area contributed by atoms with E-state index in [4.69, 9.17) is 9.84 Å². The maximum absolute atomic E-state index is 11.8. The van der Waals surface area contributed by atoms with Gasteiger partial charge in [-0.05, 0) is 6.42 Å². The van der Waals surface area contributed by atoms with E-state index in [0.29, 0.717) is 13.0 Å². The number of aliphatic hydroxyl groups is 1. The fourth-order valence-electron chi connectivity index (χ4n) is 2.20. The molecule has 1 N–H and O–H groups in total. The summed E-state index contributed by atoms with van der Waals surface area (Å²) in [5, 5.41) is 8.96. The first-order chi connectivity index (χ1) is 10.2. The number of esters is 1. The van der Waals surface area contributed by atoms with E-state index in [0.717, 1.165) is 23.4 Å². The van der Waals surface area contributed by atoms with Crippen LogP contribution in [0.2, 0.25) is 0 Å². The number of rotatable bonds is 11. The molecule has 0 saturated carbocycles. The third-order valence-corrected chi connectivity index (χ3v) is 4.70. The number of unbranched alkanes of at least 4 members (excludes halogenated alkanes) is 5. The zero-order valence-electron chi connectivity index (χ0n) is 13.6. The third kappa shape index (κ3) is 8.11. The zero-order chi connectivity index (χ0) is 15.5. The highest BCUT2D eigenvalue weighted by Gasteiger charge is 2.18. The number of aliphatic hydroxyl groups excluding tert-OH is 1. The van der Waals surface area contributed by atoms with Crippen LogP contribution < -0.4 is 17.0 Å². The lowest BCUT2D eigenvalue weighted by atomic mass is 10.1. The maximum Gasteiger partial charge on any atom is 0.372 e. The lowest BCUT2D eigenvalue weighted by Gasteiger charge is -2.03. The van der Waals surface area contributed by atoms with Crippen molar-refractivity contribution >= 4 is 17.3 Å². The number of ether oxygens (including phenoxy) is 1. The van der Waals surface area contributed by atoms with Crippen LogP contribution in [0.25, 0.3) is 0 Å². The molecule has 0 saturated heterocycles. The highest BCUT2D eigenvalue weighted by atomic mass is 35.5. The number of nitrogens with zero attached hydrogens (tertiary/aromatic N) is 1. The molecule has 0 bridgehead atoms. The monoisotopic (exact) mass is 349 g/mol. The van der Waals surface area contributed by atoms with Crippen LogP contribution in [0.15, 0.2) is 5.51 Å². The molecule has 0 aromatic carbocycles. The Morgan fingerprint density at radius 2 is 1.95 bits per heavy atom. The summed E-state index contributed by atoms with van der Waals surface area (Å²) in [5.74, 6) is -0.176. The van der Waals surface area contributed by atoms with Gasteiger partial charge in [-0.3, -0.25) is 0 Å². The van der Waals surface area contributed by atoms with Crippen LogP contribution in [-0.2, 0) is 22.5 Å². The van der Waals surface area contributed by atoms with Crippen molar-refractivity contribution in [2.24, 2.45) is 0 Å². The van der Waals surface area contributed by atoms with Crippen LogP contribution in [0.3, 0.4) is 0 Å². The van der Waals surface area contributed by atoms with Crippen molar-refractivity contribution < 1.29 is 31.6 Å². The van der Waals surface area contributed by atoms with Gasteiger partial charge in [-0.25, -0.2) is 4.79 Å². The molecule has 1 rings (SSSR count). The summed E-state index contributed by atoms with van der Waals surface area (Å²) in [6, 6.07) is 0. The standard InChI is InChI=1S/C16H28NO3S.ClH/c1-3-4-5-6-7-8-11-20-16(19)12-17-13-21-15(9-10-18)14(17)2;/h13,18H,3-12H2,1-2H3;1H/q+1;/p-1. The lowest BCUT2D eigenvalue weighted by molar-refractivity contribution is -0.687. The molecule has 128 valence electrons. The smallest absolute Gasteiger partial charge is 0.372 e. The van der Waals surface area contributed by atoms with Crippen LogP contribution in [0, 0.1) is 6.92 Å². The highest BCUT2D eigenvalue weighted by molar-refractivity contribution is 7.09. The van der Waals surface area contributed by atoms with Crippen molar-refractivity contribution in [1.29, 1.82) is 0 Å². The molecule has 1 aromatic rings. The van der Waals surface area contributed by atoms with Crippen LogP contribution in [0.1, 0.15) is 56.0 Å². The highest BCUT2D eigenvalue weighted by Crippen LogP contribution is 2.11. The van der Waals surface area contributed by atoms with E-state index < -0.39 is 0 Å². The Morgan fingerprint density at radius 1 is 1.27 bits per heavy atom. The summed E-state index contributed by atoms with van der Waals surface area (Å²) in [4.78, 5) is 12.9. The number of hydrogen-bond acceptors (Lipinski definition) is 4. The van der Waals surface area contributed by atoms with E-state index >= 15 is 0 Å². The number of halogens is 1. The fourth-order valence-corrected chi connectivity index (χ4v) is 3.19. The molecule has 0 unspecified atom stereocenters. The van der Waals surface area contributed by atoms with Gasteiger partial charge >= 0.3 is 5.97 Å². The average molecular weight is 350 g/mol. The second-order valence-corrected chi connectivity index (χ2v) is 6.26. The Labute approximate surface area is 143 Å². The lowest BCUT2D eigenvalue weighted by Crippen LogP contribution is -3.00. The summed E-state index contributed by atoms with van der Waals surface area (Å²) < 4.78 is 7.17. The van der Waals surface area contributed by atoms with Gasteiger partial charge in [0.15, 0.2) is 5.69 Å². The number of carbonyl (C=O) groups excluding carboxylic acids is 1. The van der Waals surface area contributed by atoms with E-state index in [1.54, 1.807) is 11.3 Å². The Balaban J connectivity index is 0.00000441. The Kier molecular flexibility index (Phi) is 12.5. The summed E-state index contributed by atoms with van der Waals surface area (Å²) in [5.41, 5.74) is 2.97. The number of thiazole rings is 1. The van der Waals surface area contributed by atoms with Gasteiger partial charge in [0.25, 0.3) is 0 Å². The second-order valence-electron chi connectivity index (χ2n) is 5.32. The van der Waals surface area contributed by atoms with Crippen LogP contribution in [0.4, 0.5) is 0 Å². The summed E-state index contributed by atoms with van der Waals surface area (Å²) in [6.45, 7) is 5.12. The largest absolute Gasteiger partial charge is 1.00 e. The Morgan fingerprint density at radius 3 is 2.64 bits per heavy atom. The first-order valence-electron chi connectivity index (χ1n) is 7.92. The molecular formula is C16H28ClNO3S. The molecule has 4 nitrogen and oxygen atoms in total. The molecular weight excluding hydrogens is 322 g/mol. The molecule has 1 aromatic heterocycles. The van der Waals surface area contributed by atoms with Gasteiger partial charge in [-0.15, -0.1) is 0 Å². The van der Waals surface area contributed by atoms with E-state index in [1.807, 2.05) is 17.0 Å². The minimum atomic E-state index is -0.176. The second kappa shape index (κ2) is 12.9. The van der Waals surface area contributed by atoms with Gasteiger partial charge in [0.05, 0.1) is 11.5 Å². The van der Waals surface area contributed by atoms with Gasteiger partial charge in [-0.2, -0.15) is 4.57 Å². The minimum Gasteiger partial charge on any atom is -1.00 e. The molecule has 0 fully saturated rings. The molecule has 6 heteroatoms. The molecule has 0 spiro atoms. The van der Waals surface area contributed by atoms with Gasteiger partial charge in [0.1, 0.15) is 0 Å². The molecule has 1 heterocycles. The Hall–Kier alpha value is -0.650. The van der Waals surface area contributed by atoms with Crippen molar-refractivity contribution in [3.05, 3.63) is 16.1 Å². The third-order valence-electron chi connectivity index (χ3n) is 3.56. The summed E-state index contributed by atoms with van der Waals surface area (Å²) in [7, 11) is 0. The first kappa shape index (κ1) is 21.4. The minimum absolute atomic E-state index is 0. The molecule has 0 atom stereocenters. The molecule has 0 radical (unpaired) electrons. The van der Waals surface area contributed by atoms with Crippen molar-refractivity contribution in [3.8, 4) is 0 Å². The Bertz CT molecular complexity index is 424. The van der Waals surface area contributed by atoms with Crippen LogP contribution in [-0.4, -0.2) is 24.3 Å². The van der Waals surface area contributed by atoms with E-state index in [2.05, 4.69) is 6.92 Å². The van der Waals surface area contributed by atoms with Crippen LogP contribution in [0.5, 0.6) is 0 Å². The SMILES string of the molecule is CCCCCCCCOC(=O)C[n+]1csc(CCO)c1C.[Cl-]. The summed E-state index contributed by atoms with van der Waals surface area (Å²) in [6.07, 6.45) is 7.80. The van der Waals surface area contributed by atoms with E-state index in [9.17, 15) is 4.79 Å². The van der Waals surface area contributed by atoms with E-state index in [-0.39, 0.29) is 31.5 Å². The van der Waals surface area contributed by atoms with Crippen molar-refractivity contribution in [1.82, 2.24) is 0 Å².